The molecule has 0 aromatic carbocycles. The summed E-state index contributed by atoms with van der Waals surface area (Å²) in [4.78, 5) is 11.3. The lowest BCUT2D eigenvalue weighted by molar-refractivity contribution is -0.132. The SMILES string of the molecule is C=CCCOC(C)C(=O)NC(C)CO. The van der Waals surface area contributed by atoms with Gasteiger partial charge in [0.2, 0.25) is 5.91 Å². The highest BCUT2D eigenvalue weighted by atomic mass is 16.5. The predicted octanol–water partition coefficient (Wildman–Crippen LogP) is 0.465. The van der Waals surface area contributed by atoms with Gasteiger partial charge in [0, 0.05) is 6.04 Å². The van der Waals surface area contributed by atoms with Crippen LogP contribution in [0, 0.1) is 0 Å². The lowest BCUT2D eigenvalue weighted by atomic mass is 10.3. The van der Waals surface area contributed by atoms with E-state index in [2.05, 4.69) is 11.9 Å². The molecule has 0 saturated heterocycles. The van der Waals surface area contributed by atoms with Gasteiger partial charge in [0.25, 0.3) is 0 Å². The van der Waals surface area contributed by atoms with Gasteiger partial charge in [-0.05, 0) is 20.3 Å². The second-order valence-corrected chi connectivity index (χ2v) is 3.18. The Labute approximate surface area is 85.0 Å². The molecular weight excluding hydrogens is 182 g/mol. The van der Waals surface area contributed by atoms with E-state index in [1.54, 1.807) is 19.9 Å². The van der Waals surface area contributed by atoms with Crippen LogP contribution in [0.25, 0.3) is 0 Å². The van der Waals surface area contributed by atoms with Crippen LogP contribution < -0.4 is 5.32 Å². The molecule has 0 aromatic rings. The fourth-order valence-corrected chi connectivity index (χ4v) is 0.810. The van der Waals surface area contributed by atoms with E-state index in [0.29, 0.717) is 6.61 Å². The number of hydrogen-bond acceptors (Lipinski definition) is 3. The van der Waals surface area contributed by atoms with E-state index in [1.807, 2.05) is 0 Å². The molecule has 14 heavy (non-hydrogen) atoms. The molecule has 0 aliphatic heterocycles. The van der Waals surface area contributed by atoms with Crippen molar-refractivity contribution in [1.82, 2.24) is 5.32 Å². The molecule has 0 heterocycles. The summed E-state index contributed by atoms with van der Waals surface area (Å²) in [5.74, 6) is -0.199. The first-order valence-electron chi connectivity index (χ1n) is 4.75. The van der Waals surface area contributed by atoms with Crippen LogP contribution in [0.4, 0.5) is 0 Å². The van der Waals surface area contributed by atoms with Crippen molar-refractivity contribution < 1.29 is 14.6 Å². The third-order valence-corrected chi connectivity index (χ3v) is 1.72. The minimum absolute atomic E-state index is 0.0644. The van der Waals surface area contributed by atoms with E-state index >= 15 is 0 Å². The first-order chi connectivity index (χ1) is 6.61. The molecular formula is C10H19NO3. The Kier molecular flexibility index (Phi) is 7.06. The van der Waals surface area contributed by atoms with E-state index in [9.17, 15) is 4.79 Å². The van der Waals surface area contributed by atoms with Crippen molar-refractivity contribution in [2.45, 2.75) is 32.4 Å². The average molecular weight is 201 g/mol. The summed E-state index contributed by atoms with van der Waals surface area (Å²) in [6.07, 6.45) is 1.98. The molecule has 0 saturated carbocycles. The van der Waals surface area contributed by atoms with Gasteiger partial charge in [-0.2, -0.15) is 0 Å². The first kappa shape index (κ1) is 13.1. The molecule has 82 valence electrons. The summed E-state index contributed by atoms with van der Waals surface area (Å²) < 4.78 is 5.22. The van der Waals surface area contributed by atoms with Crippen LogP contribution in [0.5, 0.6) is 0 Å². The zero-order chi connectivity index (χ0) is 11.0. The normalized spacial score (nSPS) is 14.5. The number of nitrogens with one attached hydrogen (secondary N) is 1. The maximum absolute atomic E-state index is 11.3. The highest BCUT2D eigenvalue weighted by molar-refractivity contribution is 5.80. The number of aliphatic hydroxyl groups is 1. The summed E-state index contributed by atoms with van der Waals surface area (Å²) in [7, 11) is 0. The van der Waals surface area contributed by atoms with Gasteiger partial charge in [-0.25, -0.2) is 0 Å². The molecule has 0 fully saturated rings. The van der Waals surface area contributed by atoms with Gasteiger partial charge in [0.05, 0.1) is 13.2 Å². The smallest absolute Gasteiger partial charge is 0.249 e. The van der Waals surface area contributed by atoms with Gasteiger partial charge < -0.3 is 15.2 Å². The highest BCUT2D eigenvalue weighted by Gasteiger charge is 2.14. The zero-order valence-electron chi connectivity index (χ0n) is 8.82. The number of rotatable bonds is 7. The standard InChI is InChI=1S/C10H19NO3/c1-4-5-6-14-9(3)10(13)11-8(2)7-12/h4,8-9,12H,1,5-7H2,2-3H3,(H,11,13). The summed E-state index contributed by atoms with van der Waals surface area (Å²) in [5.41, 5.74) is 0. The third kappa shape index (κ3) is 5.72. The average Bonchev–Trinajstić information content (AvgIpc) is 2.17. The number of carbonyl (C=O) groups excluding carboxylic acids is 1. The summed E-state index contributed by atoms with van der Waals surface area (Å²) in [6, 6.07) is -0.229. The van der Waals surface area contributed by atoms with Crippen LogP contribution in [-0.2, 0) is 9.53 Å². The highest BCUT2D eigenvalue weighted by Crippen LogP contribution is 1.94. The Morgan fingerprint density at radius 1 is 1.64 bits per heavy atom. The summed E-state index contributed by atoms with van der Waals surface area (Å²) >= 11 is 0. The van der Waals surface area contributed by atoms with Crippen molar-refractivity contribution >= 4 is 5.91 Å². The molecule has 2 atom stereocenters. The maximum Gasteiger partial charge on any atom is 0.249 e. The van der Waals surface area contributed by atoms with Crippen molar-refractivity contribution in [2.24, 2.45) is 0 Å². The van der Waals surface area contributed by atoms with E-state index in [1.165, 1.54) is 0 Å². The molecule has 0 rings (SSSR count). The number of hydrogen-bond donors (Lipinski definition) is 2. The predicted molar refractivity (Wildman–Crippen MR) is 54.9 cm³/mol. The minimum Gasteiger partial charge on any atom is -0.394 e. The van der Waals surface area contributed by atoms with Crippen molar-refractivity contribution in [3.63, 3.8) is 0 Å². The minimum atomic E-state index is -0.482. The van der Waals surface area contributed by atoms with Gasteiger partial charge in [-0.15, -0.1) is 6.58 Å². The summed E-state index contributed by atoms with van der Waals surface area (Å²) in [6.45, 7) is 7.39. The Morgan fingerprint density at radius 2 is 2.29 bits per heavy atom. The van der Waals surface area contributed by atoms with Crippen molar-refractivity contribution in [1.29, 1.82) is 0 Å². The van der Waals surface area contributed by atoms with Crippen molar-refractivity contribution in [3.8, 4) is 0 Å². The molecule has 4 nitrogen and oxygen atoms in total. The number of ether oxygens (including phenoxy) is 1. The zero-order valence-corrected chi connectivity index (χ0v) is 8.82. The monoisotopic (exact) mass is 201 g/mol. The van der Waals surface area contributed by atoms with Gasteiger partial charge >= 0.3 is 0 Å². The van der Waals surface area contributed by atoms with Gasteiger partial charge in [0.1, 0.15) is 6.10 Å². The lowest BCUT2D eigenvalue weighted by Gasteiger charge is -2.15. The molecule has 0 aliphatic carbocycles. The van der Waals surface area contributed by atoms with E-state index in [0.717, 1.165) is 6.42 Å². The molecule has 1 amide bonds. The van der Waals surface area contributed by atoms with Crippen LogP contribution in [0.3, 0.4) is 0 Å². The van der Waals surface area contributed by atoms with E-state index < -0.39 is 6.10 Å². The van der Waals surface area contributed by atoms with Crippen LogP contribution in [0.15, 0.2) is 12.7 Å². The summed E-state index contributed by atoms with van der Waals surface area (Å²) in [5, 5.41) is 11.3. The Morgan fingerprint density at radius 3 is 2.79 bits per heavy atom. The van der Waals surface area contributed by atoms with Crippen LogP contribution in [-0.4, -0.2) is 36.4 Å². The van der Waals surface area contributed by atoms with Crippen molar-refractivity contribution in [2.75, 3.05) is 13.2 Å². The third-order valence-electron chi connectivity index (χ3n) is 1.72. The van der Waals surface area contributed by atoms with Crippen LogP contribution in [0.2, 0.25) is 0 Å². The molecule has 0 aliphatic rings. The Hall–Kier alpha value is -0.870. The molecule has 2 N–H and O–H groups in total. The lowest BCUT2D eigenvalue weighted by Crippen LogP contribution is -2.41. The number of aliphatic hydroxyl groups excluding tert-OH is 1. The quantitative estimate of drug-likeness (QED) is 0.465. The molecule has 0 spiro atoms. The van der Waals surface area contributed by atoms with Gasteiger partial charge in [-0.1, -0.05) is 6.08 Å². The Balaban J connectivity index is 3.69. The number of amides is 1. The Bertz CT molecular complexity index is 182. The molecule has 0 radical (unpaired) electrons. The van der Waals surface area contributed by atoms with E-state index in [-0.39, 0.29) is 18.6 Å². The molecule has 4 heteroatoms. The van der Waals surface area contributed by atoms with Crippen LogP contribution in [0.1, 0.15) is 20.3 Å². The van der Waals surface area contributed by atoms with Crippen LogP contribution >= 0.6 is 0 Å². The largest absolute Gasteiger partial charge is 0.394 e. The molecule has 0 bridgehead atoms. The maximum atomic E-state index is 11.3. The first-order valence-corrected chi connectivity index (χ1v) is 4.75. The van der Waals surface area contributed by atoms with Gasteiger partial charge in [-0.3, -0.25) is 4.79 Å². The van der Waals surface area contributed by atoms with E-state index in [4.69, 9.17) is 9.84 Å². The number of carbonyl (C=O) groups is 1. The molecule has 2 unspecified atom stereocenters. The fourth-order valence-electron chi connectivity index (χ4n) is 0.810. The second-order valence-electron chi connectivity index (χ2n) is 3.18. The topological polar surface area (TPSA) is 58.6 Å². The van der Waals surface area contributed by atoms with Gasteiger partial charge in [0.15, 0.2) is 0 Å². The fraction of sp³-hybridized carbons (Fsp3) is 0.700. The second kappa shape index (κ2) is 7.53. The molecule has 0 aromatic heterocycles. The van der Waals surface area contributed by atoms with Crippen molar-refractivity contribution in [3.05, 3.63) is 12.7 Å².